The first-order chi connectivity index (χ1) is 7.22. The molecule has 1 heteroatoms. The summed E-state index contributed by atoms with van der Waals surface area (Å²) in [5.74, 6) is 3.31. The summed E-state index contributed by atoms with van der Waals surface area (Å²) >= 11 is 0. The van der Waals surface area contributed by atoms with Gasteiger partial charge < -0.3 is 0 Å². The predicted octanol–water partition coefficient (Wildman–Crippen LogP) is 2.43. The van der Waals surface area contributed by atoms with Crippen LogP contribution in [0.1, 0.15) is 12.5 Å². The fourth-order valence-corrected chi connectivity index (χ4v) is 1.83. The second-order valence-corrected chi connectivity index (χ2v) is 4.20. The van der Waals surface area contributed by atoms with Crippen LogP contribution in [0.3, 0.4) is 0 Å². The molecule has 0 N–H and O–H groups in total. The highest BCUT2D eigenvalue weighted by atomic mass is 15.1. The van der Waals surface area contributed by atoms with Gasteiger partial charge in [0, 0.05) is 6.54 Å². The van der Waals surface area contributed by atoms with Crippen LogP contribution in [0.25, 0.3) is 0 Å². The largest absolute Gasteiger partial charge is 0.295 e. The lowest BCUT2D eigenvalue weighted by molar-refractivity contribution is 0.315. The van der Waals surface area contributed by atoms with Gasteiger partial charge in [0.1, 0.15) is 0 Å². The molecule has 0 heterocycles. The molecule has 0 bridgehead atoms. The molecule has 1 nitrogen and oxygen atoms in total. The van der Waals surface area contributed by atoms with Crippen molar-refractivity contribution in [1.82, 2.24) is 4.90 Å². The maximum atomic E-state index is 5.27. The Hall–Kier alpha value is -1.26. The van der Waals surface area contributed by atoms with E-state index in [1.807, 2.05) is 0 Å². The van der Waals surface area contributed by atoms with Gasteiger partial charge in [-0.05, 0) is 24.9 Å². The summed E-state index contributed by atoms with van der Waals surface area (Å²) in [7, 11) is 2.07. The normalized spacial score (nSPS) is 12.4. The van der Waals surface area contributed by atoms with Gasteiger partial charge in [0.05, 0.1) is 6.54 Å². The molecule has 0 aromatic heterocycles. The number of hydrogen-bond donors (Lipinski definition) is 0. The van der Waals surface area contributed by atoms with E-state index in [0.717, 1.165) is 19.5 Å². The lowest BCUT2D eigenvalue weighted by Gasteiger charge is -2.19. The maximum absolute atomic E-state index is 5.27. The van der Waals surface area contributed by atoms with Gasteiger partial charge in [0.15, 0.2) is 0 Å². The molecule has 15 heavy (non-hydrogen) atoms. The summed E-state index contributed by atoms with van der Waals surface area (Å²) in [4.78, 5) is 2.19. The maximum Gasteiger partial charge on any atom is 0.0596 e. The minimum atomic E-state index is 0.644. The Labute approximate surface area is 93.1 Å². The third kappa shape index (κ3) is 4.67. The average Bonchev–Trinajstić information content (AvgIpc) is 2.19. The molecular weight excluding hydrogens is 182 g/mol. The van der Waals surface area contributed by atoms with E-state index < -0.39 is 0 Å². The van der Waals surface area contributed by atoms with Gasteiger partial charge in [-0.25, -0.2) is 0 Å². The molecule has 0 saturated carbocycles. The van der Waals surface area contributed by atoms with Crippen LogP contribution in [0.5, 0.6) is 0 Å². The molecule has 1 aromatic carbocycles. The van der Waals surface area contributed by atoms with E-state index in [1.165, 1.54) is 5.56 Å². The van der Waals surface area contributed by atoms with Crippen LogP contribution in [0, 0.1) is 18.3 Å². The monoisotopic (exact) mass is 201 g/mol. The van der Waals surface area contributed by atoms with E-state index >= 15 is 0 Å². The van der Waals surface area contributed by atoms with Gasteiger partial charge in [0.25, 0.3) is 0 Å². The SMILES string of the molecule is C#CCN(C)CC(C)Cc1ccccc1. The zero-order valence-electron chi connectivity index (χ0n) is 9.61. The third-order valence-corrected chi connectivity index (χ3v) is 2.41. The van der Waals surface area contributed by atoms with Crippen LogP contribution in [0.15, 0.2) is 30.3 Å². The third-order valence-electron chi connectivity index (χ3n) is 2.41. The lowest BCUT2D eigenvalue weighted by Crippen LogP contribution is -2.25. The summed E-state index contributed by atoms with van der Waals surface area (Å²) in [5.41, 5.74) is 1.40. The molecular formula is C14H19N. The molecule has 1 unspecified atom stereocenters. The molecule has 0 saturated heterocycles. The van der Waals surface area contributed by atoms with Crippen LogP contribution in [-0.2, 0) is 6.42 Å². The standard InChI is InChI=1S/C14H19N/c1-4-10-15(3)12-13(2)11-14-8-6-5-7-9-14/h1,5-9,13H,10-12H2,2-3H3. The molecule has 0 aliphatic heterocycles. The molecule has 1 aromatic rings. The number of benzene rings is 1. The summed E-state index contributed by atoms with van der Waals surface area (Å²) in [5, 5.41) is 0. The topological polar surface area (TPSA) is 3.24 Å². The quantitative estimate of drug-likeness (QED) is 0.661. The van der Waals surface area contributed by atoms with Crippen LogP contribution >= 0.6 is 0 Å². The van der Waals surface area contributed by atoms with Crippen molar-refractivity contribution >= 4 is 0 Å². The second kappa shape index (κ2) is 6.27. The summed E-state index contributed by atoms with van der Waals surface area (Å²) in [6, 6.07) is 10.6. The summed E-state index contributed by atoms with van der Waals surface area (Å²) < 4.78 is 0. The van der Waals surface area contributed by atoms with E-state index in [2.05, 4.69) is 55.1 Å². The number of terminal acetylenes is 1. The van der Waals surface area contributed by atoms with Crippen LogP contribution in [0.4, 0.5) is 0 Å². The first kappa shape index (κ1) is 11.8. The number of nitrogens with zero attached hydrogens (tertiary/aromatic N) is 1. The zero-order chi connectivity index (χ0) is 11.1. The van der Waals surface area contributed by atoms with E-state index in [-0.39, 0.29) is 0 Å². The highest BCUT2D eigenvalue weighted by Gasteiger charge is 2.06. The second-order valence-electron chi connectivity index (χ2n) is 4.20. The van der Waals surface area contributed by atoms with Crippen molar-refractivity contribution in [1.29, 1.82) is 0 Å². The minimum Gasteiger partial charge on any atom is -0.295 e. The fourth-order valence-electron chi connectivity index (χ4n) is 1.83. The molecule has 1 atom stereocenters. The van der Waals surface area contributed by atoms with Gasteiger partial charge in [-0.15, -0.1) is 6.42 Å². The van der Waals surface area contributed by atoms with E-state index in [0.29, 0.717) is 5.92 Å². The molecule has 80 valence electrons. The number of hydrogen-bond acceptors (Lipinski definition) is 1. The van der Waals surface area contributed by atoms with Crippen molar-refractivity contribution < 1.29 is 0 Å². The van der Waals surface area contributed by atoms with E-state index in [4.69, 9.17) is 6.42 Å². The molecule has 0 aliphatic rings. The Morgan fingerprint density at radius 1 is 1.33 bits per heavy atom. The van der Waals surface area contributed by atoms with Gasteiger partial charge in [0.2, 0.25) is 0 Å². The Balaban J connectivity index is 2.37. The Morgan fingerprint density at radius 2 is 2.00 bits per heavy atom. The van der Waals surface area contributed by atoms with Gasteiger partial charge in [-0.3, -0.25) is 4.90 Å². The highest BCUT2D eigenvalue weighted by Crippen LogP contribution is 2.08. The van der Waals surface area contributed by atoms with Crippen molar-refractivity contribution in [2.24, 2.45) is 5.92 Å². The van der Waals surface area contributed by atoms with Crippen LogP contribution in [0.2, 0.25) is 0 Å². The predicted molar refractivity (Wildman–Crippen MR) is 65.6 cm³/mol. The molecule has 0 aliphatic carbocycles. The van der Waals surface area contributed by atoms with Crippen molar-refractivity contribution in [3.8, 4) is 12.3 Å². The Bertz CT molecular complexity index is 310. The number of rotatable bonds is 5. The Morgan fingerprint density at radius 3 is 2.60 bits per heavy atom. The summed E-state index contributed by atoms with van der Waals surface area (Å²) in [6.45, 7) is 4.05. The van der Waals surface area contributed by atoms with Crippen molar-refractivity contribution in [2.45, 2.75) is 13.3 Å². The van der Waals surface area contributed by atoms with Crippen molar-refractivity contribution in [2.75, 3.05) is 20.1 Å². The molecule has 1 rings (SSSR count). The van der Waals surface area contributed by atoms with Gasteiger partial charge in [-0.2, -0.15) is 0 Å². The first-order valence-corrected chi connectivity index (χ1v) is 5.38. The van der Waals surface area contributed by atoms with Crippen LogP contribution < -0.4 is 0 Å². The smallest absolute Gasteiger partial charge is 0.0596 e. The minimum absolute atomic E-state index is 0.644. The van der Waals surface area contributed by atoms with E-state index in [9.17, 15) is 0 Å². The Kier molecular flexibility index (Phi) is 4.93. The van der Waals surface area contributed by atoms with Crippen molar-refractivity contribution in [3.05, 3.63) is 35.9 Å². The summed E-state index contributed by atoms with van der Waals surface area (Å²) in [6.07, 6.45) is 6.39. The molecule has 0 radical (unpaired) electrons. The van der Waals surface area contributed by atoms with Gasteiger partial charge in [-0.1, -0.05) is 43.2 Å². The van der Waals surface area contributed by atoms with E-state index in [1.54, 1.807) is 0 Å². The lowest BCUT2D eigenvalue weighted by atomic mass is 10.0. The average molecular weight is 201 g/mol. The fraction of sp³-hybridized carbons (Fsp3) is 0.429. The zero-order valence-corrected chi connectivity index (χ0v) is 9.61. The highest BCUT2D eigenvalue weighted by molar-refractivity contribution is 5.15. The molecule has 0 fully saturated rings. The first-order valence-electron chi connectivity index (χ1n) is 5.38. The molecule has 0 amide bonds. The molecule has 0 spiro atoms. The van der Waals surface area contributed by atoms with Crippen LogP contribution in [-0.4, -0.2) is 25.0 Å². The van der Waals surface area contributed by atoms with Crippen molar-refractivity contribution in [3.63, 3.8) is 0 Å². The van der Waals surface area contributed by atoms with Gasteiger partial charge >= 0.3 is 0 Å².